The molecule has 2 aromatic rings. The number of carbonyl (C=O) groups excluding carboxylic acids is 1. The number of benzene rings is 1. The molecule has 0 fully saturated rings. The van der Waals surface area contributed by atoms with Gasteiger partial charge in [0.1, 0.15) is 5.82 Å². The van der Waals surface area contributed by atoms with Gasteiger partial charge in [0.25, 0.3) is 5.24 Å². The smallest absolute Gasteiger partial charge is 0.257 e. The third kappa shape index (κ3) is 1.71. The Morgan fingerprint density at radius 3 is 2.53 bits per heavy atom. The summed E-state index contributed by atoms with van der Waals surface area (Å²) in [5.74, 6) is 0.251. The van der Waals surface area contributed by atoms with Crippen molar-refractivity contribution < 1.29 is 4.79 Å². The molecule has 0 aliphatic carbocycles. The number of carbonyl (C=O) groups is 1. The molecule has 0 aliphatic heterocycles. The van der Waals surface area contributed by atoms with Crippen molar-refractivity contribution in [1.29, 1.82) is 0 Å². The number of para-hydroxylation sites is 1. The highest BCUT2D eigenvalue weighted by Gasteiger charge is 2.13. The second-order valence-electron chi connectivity index (χ2n) is 2.96. The molecule has 76 valence electrons. The summed E-state index contributed by atoms with van der Waals surface area (Å²) in [4.78, 5) is 10.9. The van der Waals surface area contributed by atoms with Crippen LogP contribution in [0.4, 0.5) is 5.82 Å². The molecule has 1 aromatic heterocycles. The van der Waals surface area contributed by atoms with Crippen molar-refractivity contribution >= 4 is 22.7 Å². The molecule has 1 aromatic carbocycles. The van der Waals surface area contributed by atoms with E-state index in [9.17, 15) is 4.79 Å². The van der Waals surface area contributed by atoms with E-state index >= 15 is 0 Å². The highest BCUT2D eigenvalue weighted by molar-refractivity contribution is 6.68. The Morgan fingerprint density at radius 2 is 2.00 bits per heavy atom. The summed E-state index contributed by atoms with van der Waals surface area (Å²) >= 11 is 5.34. The van der Waals surface area contributed by atoms with E-state index in [1.165, 1.54) is 10.9 Å². The summed E-state index contributed by atoms with van der Waals surface area (Å²) in [5.41, 5.74) is 6.75. The monoisotopic (exact) mass is 221 g/mol. The van der Waals surface area contributed by atoms with Gasteiger partial charge in [-0.3, -0.25) is 4.79 Å². The third-order valence-electron chi connectivity index (χ3n) is 2.02. The lowest BCUT2D eigenvalue weighted by Crippen LogP contribution is -2.03. The zero-order chi connectivity index (χ0) is 10.8. The molecule has 5 heteroatoms. The Balaban J connectivity index is 2.52. The first kappa shape index (κ1) is 9.73. The molecule has 0 radical (unpaired) electrons. The van der Waals surface area contributed by atoms with Crippen molar-refractivity contribution in [3.05, 3.63) is 42.1 Å². The van der Waals surface area contributed by atoms with Gasteiger partial charge in [-0.2, -0.15) is 5.10 Å². The molecule has 2 rings (SSSR count). The van der Waals surface area contributed by atoms with Crippen LogP contribution in [0, 0.1) is 0 Å². The Hall–Kier alpha value is -1.81. The molecule has 0 amide bonds. The molecule has 15 heavy (non-hydrogen) atoms. The van der Waals surface area contributed by atoms with Crippen LogP contribution < -0.4 is 5.73 Å². The van der Waals surface area contributed by atoms with E-state index in [-0.39, 0.29) is 11.4 Å². The number of halogens is 1. The maximum atomic E-state index is 10.9. The van der Waals surface area contributed by atoms with Gasteiger partial charge in [-0.15, -0.1) is 0 Å². The first-order chi connectivity index (χ1) is 7.20. The normalized spacial score (nSPS) is 10.2. The lowest BCUT2D eigenvalue weighted by atomic mass is 10.3. The predicted molar refractivity (Wildman–Crippen MR) is 58.2 cm³/mol. The Labute approximate surface area is 91.3 Å². The quantitative estimate of drug-likeness (QED) is 0.787. The zero-order valence-electron chi connectivity index (χ0n) is 7.72. The average molecular weight is 222 g/mol. The SMILES string of the molecule is Nc1c(C(=O)Cl)cnn1-c1ccccc1. The summed E-state index contributed by atoms with van der Waals surface area (Å²) in [6.45, 7) is 0. The number of anilines is 1. The molecular formula is C10H8ClN3O. The molecule has 1 heterocycles. The van der Waals surface area contributed by atoms with Crippen LogP contribution in [0.2, 0.25) is 0 Å². The Morgan fingerprint density at radius 1 is 1.33 bits per heavy atom. The number of aromatic nitrogens is 2. The minimum atomic E-state index is -0.602. The largest absolute Gasteiger partial charge is 0.383 e. The van der Waals surface area contributed by atoms with Crippen LogP contribution in [0.25, 0.3) is 5.69 Å². The molecule has 0 bridgehead atoms. The van der Waals surface area contributed by atoms with E-state index in [0.29, 0.717) is 0 Å². The molecular weight excluding hydrogens is 214 g/mol. The maximum absolute atomic E-state index is 10.9. The standard InChI is InChI=1S/C10H8ClN3O/c11-9(15)8-6-13-14(10(8)12)7-4-2-1-3-5-7/h1-6H,12H2. The van der Waals surface area contributed by atoms with E-state index in [0.717, 1.165) is 5.69 Å². The topological polar surface area (TPSA) is 60.9 Å². The summed E-state index contributed by atoms with van der Waals surface area (Å²) in [5, 5.41) is 3.39. The van der Waals surface area contributed by atoms with Crippen LogP contribution >= 0.6 is 11.6 Å². The van der Waals surface area contributed by atoms with Crippen LogP contribution in [0.15, 0.2) is 36.5 Å². The number of nitrogens with two attached hydrogens (primary N) is 1. The zero-order valence-corrected chi connectivity index (χ0v) is 8.48. The van der Waals surface area contributed by atoms with E-state index in [1.807, 2.05) is 30.3 Å². The minimum absolute atomic E-state index is 0.223. The van der Waals surface area contributed by atoms with E-state index < -0.39 is 5.24 Å². The summed E-state index contributed by atoms with van der Waals surface area (Å²) < 4.78 is 1.47. The van der Waals surface area contributed by atoms with Crippen molar-refractivity contribution in [3.8, 4) is 5.69 Å². The highest BCUT2D eigenvalue weighted by Crippen LogP contribution is 2.17. The number of rotatable bonds is 2. The van der Waals surface area contributed by atoms with Crippen LogP contribution in [-0.2, 0) is 0 Å². The van der Waals surface area contributed by atoms with Gasteiger partial charge in [-0.1, -0.05) is 18.2 Å². The van der Waals surface area contributed by atoms with Gasteiger partial charge < -0.3 is 5.73 Å². The van der Waals surface area contributed by atoms with Crippen LogP contribution in [-0.4, -0.2) is 15.0 Å². The predicted octanol–water partition coefficient (Wildman–Crippen LogP) is 1.83. The number of nitrogen functional groups attached to an aromatic ring is 1. The lowest BCUT2D eigenvalue weighted by molar-refractivity contribution is 0.108. The van der Waals surface area contributed by atoms with Gasteiger partial charge in [0, 0.05) is 0 Å². The molecule has 4 nitrogen and oxygen atoms in total. The first-order valence-electron chi connectivity index (χ1n) is 4.29. The number of hydrogen-bond donors (Lipinski definition) is 1. The van der Waals surface area contributed by atoms with Gasteiger partial charge in [-0.05, 0) is 23.7 Å². The van der Waals surface area contributed by atoms with Gasteiger partial charge in [0.05, 0.1) is 17.4 Å². The van der Waals surface area contributed by atoms with Crippen LogP contribution in [0.1, 0.15) is 10.4 Å². The molecule has 0 unspecified atom stereocenters. The van der Waals surface area contributed by atoms with Crippen molar-refractivity contribution in [1.82, 2.24) is 9.78 Å². The van der Waals surface area contributed by atoms with E-state index in [2.05, 4.69) is 5.10 Å². The van der Waals surface area contributed by atoms with E-state index in [1.54, 1.807) is 0 Å². The lowest BCUT2D eigenvalue weighted by Gasteiger charge is -2.03. The van der Waals surface area contributed by atoms with Gasteiger partial charge >= 0.3 is 0 Å². The van der Waals surface area contributed by atoms with E-state index in [4.69, 9.17) is 17.3 Å². The fraction of sp³-hybridized carbons (Fsp3) is 0. The number of hydrogen-bond acceptors (Lipinski definition) is 3. The maximum Gasteiger partial charge on any atom is 0.257 e. The molecule has 0 atom stereocenters. The summed E-state index contributed by atoms with van der Waals surface area (Å²) in [7, 11) is 0. The average Bonchev–Trinajstić information content (AvgIpc) is 2.61. The Kier molecular flexibility index (Phi) is 2.43. The number of nitrogens with zero attached hydrogens (tertiary/aromatic N) is 2. The van der Waals surface area contributed by atoms with Crippen molar-refractivity contribution in [2.45, 2.75) is 0 Å². The third-order valence-corrected chi connectivity index (χ3v) is 2.22. The summed E-state index contributed by atoms with van der Waals surface area (Å²) in [6.07, 6.45) is 1.36. The molecule has 0 saturated heterocycles. The molecule has 0 saturated carbocycles. The second-order valence-corrected chi connectivity index (χ2v) is 3.31. The fourth-order valence-corrected chi connectivity index (χ4v) is 1.43. The van der Waals surface area contributed by atoms with Crippen molar-refractivity contribution in [3.63, 3.8) is 0 Å². The highest BCUT2D eigenvalue weighted by atomic mass is 35.5. The first-order valence-corrected chi connectivity index (χ1v) is 4.66. The summed E-state index contributed by atoms with van der Waals surface area (Å²) in [6, 6.07) is 9.28. The second kappa shape index (κ2) is 3.74. The van der Waals surface area contributed by atoms with Gasteiger partial charge in [0.15, 0.2) is 0 Å². The van der Waals surface area contributed by atoms with Gasteiger partial charge in [-0.25, -0.2) is 4.68 Å². The van der Waals surface area contributed by atoms with Crippen molar-refractivity contribution in [2.75, 3.05) is 5.73 Å². The molecule has 0 spiro atoms. The van der Waals surface area contributed by atoms with Gasteiger partial charge in [0.2, 0.25) is 0 Å². The minimum Gasteiger partial charge on any atom is -0.383 e. The molecule has 2 N–H and O–H groups in total. The van der Waals surface area contributed by atoms with Crippen LogP contribution in [0.3, 0.4) is 0 Å². The van der Waals surface area contributed by atoms with Crippen LogP contribution in [0.5, 0.6) is 0 Å². The van der Waals surface area contributed by atoms with Crippen molar-refractivity contribution in [2.24, 2.45) is 0 Å². The fourth-order valence-electron chi connectivity index (χ4n) is 1.28. The molecule has 0 aliphatic rings. The Bertz CT molecular complexity index is 493.